The van der Waals surface area contributed by atoms with Gasteiger partial charge in [-0.2, -0.15) is 0 Å². The fraction of sp³-hybridized carbons (Fsp3) is 0.667. The second-order valence-corrected chi connectivity index (χ2v) is 10.8. The summed E-state index contributed by atoms with van der Waals surface area (Å²) in [6.07, 6.45) is 1.84. The molecule has 0 amide bonds. The fourth-order valence-electron chi connectivity index (χ4n) is 3.49. The van der Waals surface area contributed by atoms with E-state index in [1.807, 2.05) is 41.5 Å². The molecule has 9 heteroatoms. The Hall–Kier alpha value is -2.94. The maximum atomic E-state index is 12.7. The molecular weight excluding hydrogens is 502 g/mol. The molecule has 0 aliphatic rings. The molecule has 0 aliphatic carbocycles. The molecule has 4 atom stereocenters. The predicted molar refractivity (Wildman–Crippen MR) is 148 cm³/mol. The molecule has 1 aromatic rings. The van der Waals surface area contributed by atoms with Crippen LogP contribution in [0.2, 0.25) is 0 Å². The SMILES string of the molecule is CCCC(C)C(=O)OCCN[C@@H](Cc1ccc(OC(=O)C(C)C(C)C)c(OC(=O)C(C)C(C)C)c1)C(=O)OC. The van der Waals surface area contributed by atoms with Crippen molar-refractivity contribution in [3.8, 4) is 11.5 Å². The lowest BCUT2D eigenvalue weighted by molar-refractivity contribution is -0.148. The van der Waals surface area contributed by atoms with Crippen molar-refractivity contribution in [3.63, 3.8) is 0 Å². The summed E-state index contributed by atoms with van der Waals surface area (Å²) < 4.78 is 21.5. The van der Waals surface area contributed by atoms with Gasteiger partial charge in [-0.05, 0) is 42.4 Å². The van der Waals surface area contributed by atoms with E-state index in [1.54, 1.807) is 32.0 Å². The lowest BCUT2D eigenvalue weighted by Crippen LogP contribution is -2.41. The van der Waals surface area contributed by atoms with Gasteiger partial charge in [0.1, 0.15) is 12.6 Å². The van der Waals surface area contributed by atoms with Crippen molar-refractivity contribution >= 4 is 23.9 Å². The van der Waals surface area contributed by atoms with E-state index >= 15 is 0 Å². The van der Waals surface area contributed by atoms with Crippen LogP contribution >= 0.6 is 0 Å². The number of rotatable bonds is 16. The van der Waals surface area contributed by atoms with Crippen molar-refractivity contribution in [1.82, 2.24) is 5.32 Å². The van der Waals surface area contributed by atoms with E-state index in [1.165, 1.54) is 7.11 Å². The molecule has 3 unspecified atom stereocenters. The van der Waals surface area contributed by atoms with Gasteiger partial charge in [0.15, 0.2) is 11.5 Å². The van der Waals surface area contributed by atoms with Crippen LogP contribution in [-0.4, -0.2) is 50.2 Å². The number of carbonyl (C=O) groups is 4. The van der Waals surface area contributed by atoms with Crippen LogP contribution in [0.1, 0.15) is 73.8 Å². The summed E-state index contributed by atoms with van der Waals surface area (Å²) >= 11 is 0. The van der Waals surface area contributed by atoms with Crippen molar-refractivity contribution in [2.24, 2.45) is 29.6 Å². The van der Waals surface area contributed by atoms with Gasteiger partial charge >= 0.3 is 23.9 Å². The first-order chi connectivity index (χ1) is 18.3. The largest absolute Gasteiger partial charge is 0.468 e. The topological polar surface area (TPSA) is 117 Å². The monoisotopic (exact) mass is 549 g/mol. The molecule has 0 radical (unpaired) electrons. The highest BCUT2D eigenvalue weighted by Gasteiger charge is 2.26. The summed E-state index contributed by atoms with van der Waals surface area (Å²) in [5.41, 5.74) is 0.656. The average molecular weight is 550 g/mol. The van der Waals surface area contributed by atoms with E-state index < -0.39 is 23.9 Å². The molecule has 39 heavy (non-hydrogen) atoms. The van der Waals surface area contributed by atoms with E-state index in [4.69, 9.17) is 18.9 Å². The Labute approximate surface area is 233 Å². The number of benzene rings is 1. The molecule has 220 valence electrons. The van der Waals surface area contributed by atoms with Crippen LogP contribution in [0.4, 0.5) is 0 Å². The zero-order valence-electron chi connectivity index (χ0n) is 25.0. The smallest absolute Gasteiger partial charge is 0.323 e. The second-order valence-electron chi connectivity index (χ2n) is 10.8. The molecule has 0 aliphatic heterocycles. The van der Waals surface area contributed by atoms with Gasteiger partial charge in [0, 0.05) is 6.54 Å². The van der Waals surface area contributed by atoms with Gasteiger partial charge < -0.3 is 24.3 Å². The summed E-state index contributed by atoms with van der Waals surface area (Å²) in [6, 6.07) is 4.12. The molecule has 0 bridgehead atoms. The summed E-state index contributed by atoms with van der Waals surface area (Å²) in [5, 5.41) is 3.07. The number of carbonyl (C=O) groups excluding carboxylic acids is 4. The predicted octanol–water partition coefficient (Wildman–Crippen LogP) is 4.73. The van der Waals surface area contributed by atoms with Crippen molar-refractivity contribution in [2.45, 2.75) is 80.7 Å². The first kappa shape index (κ1) is 34.1. The third-order valence-electron chi connectivity index (χ3n) is 6.96. The standard InChI is InChI=1S/C30H47NO8/c1-10-11-20(6)27(32)37-15-14-31-24(30(35)36-9)16-23-12-13-25(38-28(33)21(7)18(2)3)26(17-23)39-29(34)22(8)19(4)5/h12-13,17-22,24,31H,10-11,14-16H2,1-9H3/t20?,21?,22?,24-/m0/s1. The lowest BCUT2D eigenvalue weighted by atomic mass is 9.98. The third kappa shape index (κ3) is 11.4. The van der Waals surface area contributed by atoms with Crippen LogP contribution in [0.3, 0.4) is 0 Å². The molecule has 0 fully saturated rings. The zero-order chi connectivity index (χ0) is 29.7. The van der Waals surface area contributed by atoms with Gasteiger partial charge in [0.2, 0.25) is 0 Å². The molecule has 1 N–H and O–H groups in total. The molecule has 1 aromatic carbocycles. The minimum Gasteiger partial charge on any atom is -0.468 e. The Morgan fingerprint density at radius 2 is 1.36 bits per heavy atom. The molecular formula is C30H47NO8. The quantitative estimate of drug-likeness (QED) is 0.177. The Bertz CT molecular complexity index is 958. The van der Waals surface area contributed by atoms with Crippen molar-refractivity contribution in [1.29, 1.82) is 0 Å². The second kappa shape index (κ2) is 16.9. The van der Waals surface area contributed by atoms with Gasteiger partial charge in [-0.15, -0.1) is 0 Å². The zero-order valence-corrected chi connectivity index (χ0v) is 25.0. The van der Waals surface area contributed by atoms with Crippen LogP contribution < -0.4 is 14.8 Å². The van der Waals surface area contributed by atoms with Crippen LogP contribution in [0, 0.1) is 29.6 Å². The van der Waals surface area contributed by atoms with E-state index in [-0.39, 0.29) is 66.6 Å². The Kier molecular flexibility index (Phi) is 14.8. The van der Waals surface area contributed by atoms with Gasteiger partial charge in [-0.3, -0.25) is 19.2 Å². The molecule has 0 heterocycles. The number of hydrogen-bond acceptors (Lipinski definition) is 9. The molecule has 0 aromatic heterocycles. The highest BCUT2D eigenvalue weighted by Crippen LogP contribution is 2.31. The molecule has 1 rings (SSSR count). The number of methoxy groups -OCH3 is 1. The van der Waals surface area contributed by atoms with Crippen LogP contribution in [0.5, 0.6) is 11.5 Å². The van der Waals surface area contributed by atoms with Crippen molar-refractivity contribution < 1.29 is 38.1 Å². The third-order valence-corrected chi connectivity index (χ3v) is 6.96. The maximum absolute atomic E-state index is 12.7. The Morgan fingerprint density at radius 1 is 0.795 bits per heavy atom. The Balaban J connectivity index is 3.09. The molecule has 0 spiro atoms. The first-order valence-corrected chi connectivity index (χ1v) is 13.9. The summed E-state index contributed by atoms with van der Waals surface area (Å²) in [5.74, 6) is -2.17. The van der Waals surface area contributed by atoms with E-state index in [0.29, 0.717) is 5.56 Å². The van der Waals surface area contributed by atoms with Gasteiger partial charge in [-0.1, -0.05) is 67.9 Å². The molecule has 9 nitrogen and oxygen atoms in total. The maximum Gasteiger partial charge on any atom is 0.323 e. The lowest BCUT2D eigenvalue weighted by Gasteiger charge is -2.20. The van der Waals surface area contributed by atoms with Crippen molar-refractivity contribution in [2.75, 3.05) is 20.3 Å². The van der Waals surface area contributed by atoms with Crippen LogP contribution in [0.25, 0.3) is 0 Å². The van der Waals surface area contributed by atoms with Gasteiger partial charge in [0.05, 0.1) is 24.9 Å². The summed E-state index contributed by atoms with van der Waals surface area (Å²) in [7, 11) is 1.29. The summed E-state index contributed by atoms with van der Waals surface area (Å²) in [4.78, 5) is 49.9. The van der Waals surface area contributed by atoms with Crippen molar-refractivity contribution in [3.05, 3.63) is 23.8 Å². The van der Waals surface area contributed by atoms with E-state index in [2.05, 4.69) is 5.32 Å². The minimum absolute atomic E-state index is 0.0552. The Morgan fingerprint density at radius 3 is 1.87 bits per heavy atom. The molecule has 0 saturated carbocycles. The van der Waals surface area contributed by atoms with E-state index in [0.717, 1.165) is 12.8 Å². The first-order valence-electron chi connectivity index (χ1n) is 13.9. The average Bonchev–Trinajstić information content (AvgIpc) is 2.89. The van der Waals surface area contributed by atoms with Crippen LogP contribution in [0.15, 0.2) is 18.2 Å². The number of nitrogens with one attached hydrogen (secondary N) is 1. The minimum atomic E-state index is -0.741. The normalized spacial score (nSPS) is 14.3. The number of esters is 4. The van der Waals surface area contributed by atoms with Crippen LogP contribution in [-0.2, 0) is 35.1 Å². The number of hydrogen-bond donors (Lipinski definition) is 1. The molecule has 0 saturated heterocycles. The number of ether oxygens (including phenoxy) is 4. The highest BCUT2D eigenvalue weighted by atomic mass is 16.6. The van der Waals surface area contributed by atoms with E-state index in [9.17, 15) is 19.2 Å². The van der Waals surface area contributed by atoms with Gasteiger partial charge in [0.25, 0.3) is 0 Å². The van der Waals surface area contributed by atoms with Gasteiger partial charge in [-0.25, -0.2) is 0 Å². The summed E-state index contributed by atoms with van der Waals surface area (Å²) in [6.45, 7) is 15.4. The highest BCUT2D eigenvalue weighted by molar-refractivity contribution is 5.79. The fourth-order valence-corrected chi connectivity index (χ4v) is 3.49.